The van der Waals surface area contributed by atoms with Gasteiger partial charge in [-0.05, 0) is 49.9 Å². The smallest absolute Gasteiger partial charge is 0.306 e. The average Bonchev–Trinajstić information content (AvgIpc) is 2.95. The van der Waals surface area contributed by atoms with Gasteiger partial charge in [-0.3, -0.25) is 14.2 Å². The van der Waals surface area contributed by atoms with E-state index in [1.807, 2.05) is 55.5 Å². The van der Waals surface area contributed by atoms with Crippen LogP contribution in [0.4, 0.5) is 0 Å². The number of aromatic nitrogens is 1. The van der Waals surface area contributed by atoms with Crippen molar-refractivity contribution in [2.24, 2.45) is 5.92 Å². The van der Waals surface area contributed by atoms with Gasteiger partial charge < -0.3 is 5.11 Å². The number of carboxylic acids is 1. The quantitative estimate of drug-likeness (QED) is 0.775. The SMILES string of the molecule is Cc1ccc(C(=O)n2c3c(c4ccccc42)CC(C(=O)O)CC3)cc1. The van der Waals surface area contributed by atoms with Crippen LogP contribution in [0, 0.1) is 12.8 Å². The molecule has 1 unspecified atom stereocenters. The van der Waals surface area contributed by atoms with E-state index < -0.39 is 5.97 Å². The molecule has 0 aliphatic heterocycles. The lowest BCUT2D eigenvalue weighted by atomic mass is 9.86. The molecule has 1 heterocycles. The van der Waals surface area contributed by atoms with Crippen molar-refractivity contribution in [3.05, 3.63) is 70.9 Å². The van der Waals surface area contributed by atoms with Gasteiger partial charge in [-0.15, -0.1) is 0 Å². The maximum atomic E-state index is 13.2. The number of aryl methyl sites for hydroxylation is 1. The minimum atomic E-state index is -0.757. The lowest BCUT2D eigenvalue weighted by molar-refractivity contribution is -0.142. The molecule has 0 bridgehead atoms. The fraction of sp³-hybridized carbons (Fsp3) is 0.238. The lowest BCUT2D eigenvalue weighted by Gasteiger charge is -2.20. The van der Waals surface area contributed by atoms with Crippen LogP contribution >= 0.6 is 0 Å². The molecular formula is C21H19NO3. The van der Waals surface area contributed by atoms with Crippen molar-refractivity contribution in [2.45, 2.75) is 26.2 Å². The summed E-state index contributed by atoms with van der Waals surface area (Å²) in [4.78, 5) is 24.6. The summed E-state index contributed by atoms with van der Waals surface area (Å²) in [7, 11) is 0. The average molecular weight is 333 g/mol. The monoisotopic (exact) mass is 333 g/mol. The van der Waals surface area contributed by atoms with E-state index in [4.69, 9.17) is 0 Å². The van der Waals surface area contributed by atoms with E-state index in [9.17, 15) is 14.7 Å². The van der Waals surface area contributed by atoms with E-state index in [1.165, 1.54) is 0 Å². The van der Waals surface area contributed by atoms with E-state index in [0.29, 0.717) is 24.8 Å². The molecule has 2 aromatic carbocycles. The number of aliphatic carboxylic acids is 1. The Balaban J connectivity index is 1.89. The summed E-state index contributed by atoms with van der Waals surface area (Å²) in [5, 5.41) is 10.4. The van der Waals surface area contributed by atoms with Gasteiger partial charge in [-0.1, -0.05) is 35.9 Å². The maximum absolute atomic E-state index is 13.2. The molecule has 25 heavy (non-hydrogen) atoms. The third-order valence-electron chi connectivity index (χ3n) is 5.12. The summed E-state index contributed by atoms with van der Waals surface area (Å²) in [6.45, 7) is 1.99. The van der Waals surface area contributed by atoms with Crippen LogP contribution in [0.1, 0.15) is 33.6 Å². The molecule has 0 radical (unpaired) electrons. The van der Waals surface area contributed by atoms with E-state index in [1.54, 1.807) is 4.57 Å². The van der Waals surface area contributed by atoms with Crippen molar-refractivity contribution in [2.75, 3.05) is 0 Å². The molecule has 1 aliphatic rings. The predicted octanol–water partition coefficient (Wildman–Crippen LogP) is 3.83. The molecule has 4 heteroatoms. The first-order valence-corrected chi connectivity index (χ1v) is 8.51. The van der Waals surface area contributed by atoms with Gasteiger partial charge in [0.05, 0.1) is 11.4 Å². The molecule has 0 spiro atoms. The standard InChI is InChI=1S/C21H19NO3/c1-13-6-8-14(9-7-13)20(23)22-18-5-3-2-4-16(18)17-12-15(21(24)25)10-11-19(17)22/h2-9,15H,10-12H2,1H3,(H,24,25). The second-order valence-electron chi connectivity index (χ2n) is 6.73. The molecule has 0 fully saturated rings. The Bertz CT molecular complexity index is 982. The Morgan fingerprint density at radius 2 is 1.80 bits per heavy atom. The second kappa shape index (κ2) is 5.88. The summed E-state index contributed by atoms with van der Waals surface area (Å²) in [5.41, 5.74) is 4.60. The number of para-hydroxylation sites is 1. The molecule has 0 saturated carbocycles. The van der Waals surface area contributed by atoms with Crippen LogP contribution in [0.15, 0.2) is 48.5 Å². The van der Waals surface area contributed by atoms with Gasteiger partial charge in [0.15, 0.2) is 0 Å². The molecule has 3 aromatic rings. The van der Waals surface area contributed by atoms with Crippen LogP contribution < -0.4 is 0 Å². The number of carbonyl (C=O) groups excluding carboxylic acids is 1. The van der Waals surface area contributed by atoms with Gasteiger partial charge >= 0.3 is 5.97 Å². The highest BCUT2D eigenvalue weighted by molar-refractivity contribution is 6.04. The van der Waals surface area contributed by atoms with Crippen LogP contribution in [0.25, 0.3) is 10.9 Å². The summed E-state index contributed by atoms with van der Waals surface area (Å²) in [6.07, 6.45) is 1.66. The number of fused-ring (bicyclic) bond motifs is 3. The zero-order valence-electron chi connectivity index (χ0n) is 14.0. The predicted molar refractivity (Wildman–Crippen MR) is 96.0 cm³/mol. The molecular weight excluding hydrogens is 314 g/mol. The van der Waals surface area contributed by atoms with Crippen LogP contribution in [0.2, 0.25) is 0 Å². The molecule has 1 aromatic heterocycles. The van der Waals surface area contributed by atoms with Gasteiger partial charge in [0.2, 0.25) is 0 Å². The minimum absolute atomic E-state index is 0.0498. The third kappa shape index (κ3) is 2.54. The third-order valence-corrected chi connectivity index (χ3v) is 5.12. The molecule has 4 nitrogen and oxygen atoms in total. The van der Waals surface area contributed by atoms with Crippen LogP contribution in [-0.4, -0.2) is 21.6 Å². The van der Waals surface area contributed by atoms with Gasteiger partial charge in [-0.2, -0.15) is 0 Å². The Kier molecular flexibility index (Phi) is 3.68. The Morgan fingerprint density at radius 3 is 2.52 bits per heavy atom. The summed E-state index contributed by atoms with van der Waals surface area (Å²) < 4.78 is 1.79. The van der Waals surface area contributed by atoms with E-state index in [2.05, 4.69) is 0 Å². The first-order valence-electron chi connectivity index (χ1n) is 8.51. The highest BCUT2D eigenvalue weighted by atomic mass is 16.4. The van der Waals surface area contributed by atoms with Crippen molar-refractivity contribution >= 4 is 22.8 Å². The van der Waals surface area contributed by atoms with E-state index in [-0.39, 0.29) is 11.8 Å². The van der Waals surface area contributed by atoms with Crippen LogP contribution in [0.5, 0.6) is 0 Å². The van der Waals surface area contributed by atoms with Gasteiger partial charge in [-0.25, -0.2) is 0 Å². The number of hydrogen-bond donors (Lipinski definition) is 1. The van der Waals surface area contributed by atoms with Crippen molar-refractivity contribution in [1.29, 1.82) is 0 Å². The fourth-order valence-electron chi connectivity index (χ4n) is 3.78. The summed E-state index contributed by atoms with van der Waals surface area (Å²) >= 11 is 0. The molecule has 0 amide bonds. The van der Waals surface area contributed by atoms with E-state index >= 15 is 0 Å². The van der Waals surface area contributed by atoms with Crippen LogP contribution in [-0.2, 0) is 17.6 Å². The van der Waals surface area contributed by atoms with Gasteiger partial charge in [0, 0.05) is 16.6 Å². The highest BCUT2D eigenvalue weighted by Gasteiger charge is 2.30. The summed E-state index contributed by atoms with van der Waals surface area (Å²) in [6, 6.07) is 15.4. The lowest BCUT2D eigenvalue weighted by Crippen LogP contribution is -2.24. The van der Waals surface area contributed by atoms with Crippen molar-refractivity contribution in [1.82, 2.24) is 4.57 Å². The fourth-order valence-corrected chi connectivity index (χ4v) is 3.78. The normalized spacial score (nSPS) is 16.6. The van der Waals surface area contributed by atoms with Crippen molar-refractivity contribution < 1.29 is 14.7 Å². The number of carboxylic acid groups (broad SMARTS) is 1. The Hall–Kier alpha value is -2.88. The zero-order valence-corrected chi connectivity index (χ0v) is 14.0. The maximum Gasteiger partial charge on any atom is 0.306 e. The molecule has 4 rings (SSSR count). The number of nitrogens with zero attached hydrogens (tertiary/aromatic N) is 1. The van der Waals surface area contributed by atoms with Crippen LogP contribution in [0.3, 0.4) is 0 Å². The highest BCUT2D eigenvalue weighted by Crippen LogP contribution is 2.35. The molecule has 126 valence electrons. The second-order valence-corrected chi connectivity index (χ2v) is 6.73. The van der Waals surface area contributed by atoms with Gasteiger partial charge in [0.25, 0.3) is 5.91 Å². The van der Waals surface area contributed by atoms with Gasteiger partial charge in [0.1, 0.15) is 0 Å². The number of hydrogen-bond acceptors (Lipinski definition) is 2. The molecule has 1 atom stereocenters. The molecule has 0 saturated heterocycles. The number of carbonyl (C=O) groups is 2. The Morgan fingerprint density at radius 1 is 1.08 bits per heavy atom. The first kappa shape index (κ1) is 15.6. The number of benzene rings is 2. The molecule has 1 aliphatic carbocycles. The Labute approximate surface area is 145 Å². The first-order chi connectivity index (χ1) is 12.1. The molecule has 1 N–H and O–H groups in total. The zero-order chi connectivity index (χ0) is 17.6. The van der Waals surface area contributed by atoms with Crippen molar-refractivity contribution in [3.63, 3.8) is 0 Å². The van der Waals surface area contributed by atoms with Crippen molar-refractivity contribution in [3.8, 4) is 0 Å². The topological polar surface area (TPSA) is 59.3 Å². The van der Waals surface area contributed by atoms with E-state index in [0.717, 1.165) is 27.7 Å². The largest absolute Gasteiger partial charge is 0.481 e. The number of rotatable bonds is 2. The summed E-state index contributed by atoms with van der Waals surface area (Å²) in [5.74, 6) is -1.18. The minimum Gasteiger partial charge on any atom is -0.481 e.